The van der Waals surface area contributed by atoms with Crippen molar-refractivity contribution in [3.63, 3.8) is 0 Å². The van der Waals surface area contributed by atoms with Crippen LogP contribution in [0.3, 0.4) is 0 Å². The van der Waals surface area contributed by atoms with Crippen LogP contribution in [0.1, 0.15) is 15.2 Å². The molecule has 138 valence electrons. The summed E-state index contributed by atoms with van der Waals surface area (Å²) in [4.78, 5) is 12.9. The highest BCUT2D eigenvalue weighted by molar-refractivity contribution is 7.17. The SMILES string of the molecule is O=C(Oc1c(F)c(F)c(F)c(F)c1F)c1cc2c(s1)-c1ccccc1OC2. The van der Waals surface area contributed by atoms with E-state index in [0.29, 0.717) is 16.2 Å². The molecule has 0 fully saturated rings. The van der Waals surface area contributed by atoms with Gasteiger partial charge in [0, 0.05) is 16.0 Å². The van der Waals surface area contributed by atoms with Crippen molar-refractivity contribution in [1.82, 2.24) is 0 Å². The molecule has 2 aromatic carbocycles. The highest BCUT2D eigenvalue weighted by Crippen LogP contribution is 2.42. The van der Waals surface area contributed by atoms with Crippen LogP contribution in [0.15, 0.2) is 30.3 Å². The lowest BCUT2D eigenvalue weighted by Crippen LogP contribution is -2.12. The molecule has 1 aliphatic rings. The van der Waals surface area contributed by atoms with Gasteiger partial charge < -0.3 is 9.47 Å². The average molecular weight is 398 g/mol. The van der Waals surface area contributed by atoms with Crippen LogP contribution in [0.4, 0.5) is 22.0 Å². The summed E-state index contributed by atoms with van der Waals surface area (Å²) < 4.78 is 76.9. The largest absolute Gasteiger partial charge is 0.488 e. The molecule has 0 radical (unpaired) electrons. The molecule has 0 atom stereocenters. The van der Waals surface area contributed by atoms with Gasteiger partial charge in [-0.25, -0.2) is 18.0 Å². The third-order valence-electron chi connectivity index (χ3n) is 3.89. The van der Waals surface area contributed by atoms with Crippen LogP contribution in [-0.2, 0) is 6.61 Å². The zero-order valence-electron chi connectivity index (χ0n) is 13.1. The van der Waals surface area contributed by atoms with Gasteiger partial charge in [-0.2, -0.15) is 8.78 Å². The zero-order chi connectivity index (χ0) is 19.3. The third kappa shape index (κ3) is 2.74. The molecule has 0 spiro atoms. The molecule has 1 aromatic heterocycles. The number of benzene rings is 2. The zero-order valence-corrected chi connectivity index (χ0v) is 13.9. The number of rotatable bonds is 2. The predicted octanol–water partition coefficient (Wildman–Crippen LogP) is 5.22. The van der Waals surface area contributed by atoms with Gasteiger partial charge in [0.2, 0.25) is 34.8 Å². The molecule has 3 aromatic rings. The number of hydrogen-bond acceptors (Lipinski definition) is 4. The van der Waals surface area contributed by atoms with Crippen molar-refractivity contribution in [1.29, 1.82) is 0 Å². The van der Waals surface area contributed by atoms with Gasteiger partial charge >= 0.3 is 5.97 Å². The molecule has 1 aliphatic heterocycles. The van der Waals surface area contributed by atoms with Crippen LogP contribution in [0.25, 0.3) is 10.4 Å². The van der Waals surface area contributed by atoms with E-state index < -0.39 is 40.8 Å². The fourth-order valence-electron chi connectivity index (χ4n) is 2.62. The lowest BCUT2D eigenvalue weighted by Gasteiger charge is -2.16. The van der Waals surface area contributed by atoms with Crippen LogP contribution in [0, 0.1) is 29.1 Å². The molecular formula is C18H7F5O3S. The number of thiophene rings is 1. The summed E-state index contributed by atoms with van der Waals surface area (Å²) >= 11 is 0.968. The molecular weight excluding hydrogens is 391 g/mol. The minimum absolute atomic E-state index is 0.0655. The molecule has 27 heavy (non-hydrogen) atoms. The molecule has 9 heteroatoms. The maximum absolute atomic E-state index is 13.7. The first-order chi connectivity index (χ1) is 12.9. The monoisotopic (exact) mass is 398 g/mol. The third-order valence-corrected chi connectivity index (χ3v) is 5.08. The Bertz CT molecular complexity index is 1060. The van der Waals surface area contributed by atoms with Gasteiger partial charge in [0.05, 0.1) is 0 Å². The summed E-state index contributed by atoms with van der Waals surface area (Å²) in [6, 6.07) is 8.44. The molecule has 0 N–H and O–H groups in total. The molecule has 2 heterocycles. The summed E-state index contributed by atoms with van der Waals surface area (Å²) in [6.45, 7) is 0.165. The van der Waals surface area contributed by atoms with Crippen molar-refractivity contribution < 1.29 is 36.2 Å². The molecule has 0 saturated heterocycles. The Morgan fingerprint density at radius 1 is 0.963 bits per heavy atom. The minimum Gasteiger partial charge on any atom is -0.488 e. The summed E-state index contributed by atoms with van der Waals surface area (Å²) in [5.41, 5.74) is 1.36. The van der Waals surface area contributed by atoms with Crippen molar-refractivity contribution in [2.75, 3.05) is 0 Å². The van der Waals surface area contributed by atoms with Gasteiger partial charge in [-0.3, -0.25) is 0 Å². The van der Waals surface area contributed by atoms with E-state index in [2.05, 4.69) is 4.74 Å². The number of fused-ring (bicyclic) bond motifs is 3. The molecule has 4 rings (SSSR count). The Morgan fingerprint density at radius 2 is 1.59 bits per heavy atom. The summed E-state index contributed by atoms with van der Waals surface area (Å²) in [5, 5.41) is 0. The van der Waals surface area contributed by atoms with Crippen LogP contribution in [-0.4, -0.2) is 5.97 Å². The Hall–Kier alpha value is -2.94. The number of halogens is 5. The van der Waals surface area contributed by atoms with Gasteiger partial charge in [-0.1, -0.05) is 12.1 Å². The van der Waals surface area contributed by atoms with E-state index in [1.54, 1.807) is 24.3 Å². The summed E-state index contributed by atoms with van der Waals surface area (Å²) in [6.07, 6.45) is 0. The second-order valence-corrected chi connectivity index (χ2v) is 6.59. The van der Waals surface area contributed by atoms with Gasteiger partial charge in [0.1, 0.15) is 17.2 Å². The summed E-state index contributed by atoms with van der Waals surface area (Å²) in [5.74, 6) is -13.4. The van der Waals surface area contributed by atoms with Crippen molar-refractivity contribution >= 4 is 17.3 Å². The predicted molar refractivity (Wildman–Crippen MR) is 85.3 cm³/mol. The maximum atomic E-state index is 13.7. The molecule has 0 bridgehead atoms. The van der Waals surface area contributed by atoms with Crippen molar-refractivity contribution in [3.8, 4) is 21.9 Å². The van der Waals surface area contributed by atoms with Gasteiger partial charge in [0.25, 0.3) is 0 Å². The topological polar surface area (TPSA) is 35.5 Å². The number of para-hydroxylation sites is 1. The average Bonchev–Trinajstić information content (AvgIpc) is 3.13. The number of carbonyl (C=O) groups excluding carboxylic acids is 1. The first-order valence-electron chi connectivity index (χ1n) is 7.47. The lowest BCUT2D eigenvalue weighted by molar-refractivity contribution is 0.0721. The Balaban J connectivity index is 1.70. The fourth-order valence-corrected chi connectivity index (χ4v) is 3.69. The first kappa shape index (κ1) is 17.5. The van der Waals surface area contributed by atoms with Crippen LogP contribution in [0.5, 0.6) is 11.5 Å². The Labute approximate surface area is 152 Å². The molecule has 0 aliphatic carbocycles. The normalized spacial score (nSPS) is 12.2. The van der Waals surface area contributed by atoms with Crippen molar-refractivity contribution in [2.45, 2.75) is 6.61 Å². The molecule has 3 nitrogen and oxygen atoms in total. The standard InChI is InChI=1S/C18H7F5O3S/c19-11-12(20)14(22)16(15(23)13(11)21)26-18(24)10-5-7-6-25-9-4-2-1-3-8(9)17(7)27-10/h1-5H,6H2. The number of ether oxygens (including phenoxy) is 2. The van der Waals surface area contributed by atoms with E-state index in [1.807, 2.05) is 0 Å². The fraction of sp³-hybridized carbons (Fsp3) is 0.0556. The second-order valence-electron chi connectivity index (χ2n) is 5.54. The van der Waals surface area contributed by atoms with Gasteiger partial charge in [0.15, 0.2) is 0 Å². The smallest absolute Gasteiger partial charge is 0.353 e. The van der Waals surface area contributed by atoms with E-state index in [4.69, 9.17) is 4.74 Å². The quantitative estimate of drug-likeness (QED) is 0.195. The molecule has 0 amide bonds. The van der Waals surface area contributed by atoms with Crippen LogP contribution in [0.2, 0.25) is 0 Å². The van der Waals surface area contributed by atoms with E-state index in [0.717, 1.165) is 16.9 Å². The lowest BCUT2D eigenvalue weighted by atomic mass is 10.1. The van der Waals surface area contributed by atoms with E-state index >= 15 is 0 Å². The number of carbonyl (C=O) groups is 1. The van der Waals surface area contributed by atoms with Crippen LogP contribution >= 0.6 is 11.3 Å². The molecule has 0 saturated carbocycles. The highest BCUT2D eigenvalue weighted by Gasteiger charge is 2.30. The number of esters is 1. The van der Waals surface area contributed by atoms with Gasteiger partial charge in [-0.15, -0.1) is 11.3 Å². The van der Waals surface area contributed by atoms with Crippen LogP contribution < -0.4 is 9.47 Å². The summed E-state index contributed by atoms with van der Waals surface area (Å²) in [7, 11) is 0. The second kappa shape index (κ2) is 6.34. The van der Waals surface area contributed by atoms with E-state index in [-0.39, 0.29) is 11.5 Å². The van der Waals surface area contributed by atoms with E-state index in [9.17, 15) is 26.7 Å². The highest BCUT2D eigenvalue weighted by atomic mass is 32.1. The van der Waals surface area contributed by atoms with Crippen molar-refractivity contribution in [3.05, 3.63) is 69.9 Å². The van der Waals surface area contributed by atoms with E-state index in [1.165, 1.54) is 6.07 Å². The van der Waals surface area contributed by atoms with Crippen molar-refractivity contribution in [2.24, 2.45) is 0 Å². The van der Waals surface area contributed by atoms with Gasteiger partial charge in [-0.05, 0) is 18.2 Å². The minimum atomic E-state index is -2.33. The number of hydrogen-bond donors (Lipinski definition) is 0. The molecule has 0 unspecified atom stereocenters. The first-order valence-corrected chi connectivity index (χ1v) is 8.28. The Morgan fingerprint density at radius 3 is 2.30 bits per heavy atom. The Kier molecular flexibility index (Phi) is 4.11. The maximum Gasteiger partial charge on any atom is 0.353 e.